The fraction of sp³-hybridized carbons (Fsp3) is 0.567. The molecule has 1 amide bonds. The third kappa shape index (κ3) is 8.01. The first-order chi connectivity index (χ1) is 18.3. The van der Waals surface area contributed by atoms with E-state index in [2.05, 4.69) is 4.90 Å². The SMILES string of the molecule is COc1ccc(CN2CCCC(O)(COc3cc(C)ccc3Cl)C2)cc1OCCCN1CCCCCC1=O. The summed E-state index contributed by atoms with van der Waals surface area (Å²) in [6, 6.07) is 11.7. The van der Waals surface area contributed by atoms with Crippen molar-refractivity contribution in [3.63, 3.8) is 0 Å². The Morgan fingerprint density at radius 1 is 1.00 bits per heavy atom. The second kappa shape index (κ2) is 13.5. The summed E-state index contributed by atoms with van der Waals surface area (Å²) >= 11 is 6.28. The van der Waals surface area contributed by atoms with Gasteiger partial charge in [-0.25, -0.2) is 0 Å². The maximum atomic E-state index is 12.2. The number of amides is 1. The van der Waals surface area contributed by atoms with Crippen molar-refractivity contribution in [1.82, 2.24) is 9.80 Å². The number of carbonyl (C=O) groups is 1. The van der Waals surface area contributed by atoms with Crippen molar-refractivity contribution in [3.05, 3.63) is 52.5 Å². The van der Waals surface area contributed by atoms with Gasteiger partial charge in [0, 0.05) is 32.6 Å². The van der Waals surface area contributed by atoms with E-state index in [1.54, 1.807) is 7.11 Å². The van der Waals surface area contributed by atoms with Gasteiger partial charge in [-0.1, -0.05) is 30.2 Å². The lowest BCUT2D eigenvalue weighted by atomic mass is 9.93. The molecule has 208 valence electrons. The first kappa shape index (κ1) is 28.5. The molecule has 0 saturated carbocycles. The highest BCUT2D eigenvalue weighted by atomic mass is 35.5. The summed E-state index contributed by atoms with van der Waals surface area (Å²) < 4.78 is 17.6. The Morgan fingerprint density at radius 3 is 2.71 bits per heavy atom. The number of hydrogen-bond donors (Lipinski definition) is 1. The second-order valence-corrected chi connectivity index (χ2v) is 11.0. The van der Waals surface area contributed by atoms with Crippen molar-refractivity contribution in [2.45, 2.75) is 64.0 Å². The fourth-order valence-corrected chi connectivity index (χ4v) is 5.47. The van der Waals surface area contributed by atoms with Crippen LogP contribution in [-0.2, 0) is 11.3 Å². The van der Waals surface area contributed by atoms with Crippen LogP contribution in [0.25, 0.3) is 0 Å². The number of methoxy groups -OCH3 is 1. The molecule has 1 unspecified atom stereocenters. The van der Waals surface area contributed by atoms with E-state index in [1.165, 1.54) is 0 Å². The molecule has 0 aromatic heterocycles. The van der Waals surface area contributed by atoms with Crippen LogP contribution < -0.4 is 14.2 Å². The van der Waals surface area contributed by atoms with Gasteiger partial charge in [0.15, 0.2) is 11.5 Å². The molecule has 0 spiro atoms. The minimum absolute atomic E-state index is 0.198. The molecule has 1 atom stereocenters. The van der Waals surface area contributed by atoms with Crippen molar-refractivity contribution in [1.29, 1.82) is 0 Å². The maximum absolute atomic E-state index is 12.2. The Morgan fingerprint density at radius 2 is 1.87 bits per heavy atom. The molecule has 2 aromatic rings. The van der Waals surface area contributed by atoms with E-state index in [0.29, 0.717) is 54.8 Å². The lowest BCUT2D eigenvalue weighted by Gasteiger charge is -2.39. The number of aliphatic hydroxyl groups is 1. The van der Waals surface area contributed by atoms with E-state index in [0.717, 1.165) is 62.9 Å². The number of rotatable bonds is 11. The number of hydrogen-bond acceptors (Lipinski definition) is 6. The minimum Gasteiger partial charge on any atom is -0.493 e. The predicted molar refractivity (Wildman–Crippen MR) is 149 cm³/mol. The van der Waals surface area contributed by atoms with E-state index < -0.39 is 5.60 Å². The van der Waals surface area contributed by atoms with E-state index in [9.17, 15) is 9.90 Å². The Balaban J connectivity index is 1.30. The predicted octanol–water partition coefficient (Wildman–Crippen LogP) is 5.23. The van der Waals surface area contributed by atoms with Gasteiger partial charge in [0.25, 0.3) is 0 Å². The van der Waals surface area contributed by atoms with Crippen LogP contribution >= 0.6 is 11.6 Å². The number of likely N-dealkylation sites (tertiary alicyclic amines) is 2. The van der Waals surface area contributed by atoms with Gasteiger partial charge in [0.05, 0.1) is 18.7 Å². The molecule has 2 fully saturated rings. The van der Waals surface area contributed by atoms with Crippen LogP contribution in [0.15, 0.2) is 36.4 Å². The number of nitrogens with zero attached hydrogens (tertiary/aromatic N) is 2. The zero-order valence-corrected chi connectivity index (χ0v) is 23.5. The van der Waals surface area contributed by atoms with Crippen LogP contribution in [0.3, 0.4) is 0 Å². The molecule has 2 aliphatic heterocycles. The Bertz CT molecular complexity index is 1080. The second-order valence-electron chi connectivity index (χ2n) is 10.6. The van der Waals surface area contributed by atoms with Gasteiger partial charge >= 0.3 is 0 Å². The quantitative estimate of drug-likeness (QED) is 0.390. The monoisotopic (exact) mass is 544 g/mol. The summed E-state index contributed by atoms with van der Waals surface area (Å²) in [5.74, 6) is 2.26. The number of β-amino-alcohol motifs (C(OH)–C–C–N with tert-alkyl or cyclic N) is 1. The first-order valence-corrected chi connectivity index (χ1v) is 14.1. The van der Waals surface area contributed by atoms with Crippen LogP contribution in [0.5, 0.6) is 17.2 Å². The molecule has 1 N–H and O–H groups in total. The van der Waals surface area contributed by atoms with Crippen molar-refractivity contribution in [3.8, 4) is 17.2 Å². The Hall–Kier alpha value is -2.48. The van der Waals surface area contributed by atoms with Gasteiger partial charge < -0.3 is 24.2 Å². The molecule has 0 bridgehead atoms. The summed E-state index contributed by atoms with van der Waals surface area (Å²) in [4.78, 5) is 16.5. The highest BCUT2D eigenvalue weighted by molar-refractivity contribution is 6.32. The first-order valence-electron chi connectivity index (χ1n) is 13.8. The molecule has 2 aromatic carbocycles. The van der Waals surface area contributed by atoms with Gasteiger partial charge in [-0.05, 0) is 81.0 Å². The average molecular weight is 545 g/mol. The molecule has 4 rings (SSSR count). The topological polar surface area (TPSA) is 71.5 Å². The van der Waals surface area contributed by atoms with Crippen molar-refractivity contribution < 1.29 is 24.1 Å². The summed E-state index contributed by atoms with van der Waals surface area (Å²) in [6.45, 7) is 6.39. The number of carbonyl (C=O) groups excluding carboxylic acids is 1. The molecule has 2 aliphatic rings. The lowest BCUT2D eigenvalue weighted by molar-refractivity contribution is -0.130. The number of halogens is 1. The summed E-state index contributed by atoms with van der Waals surface area (Å²) in [6.07, 6.45) is 6.22. The molecule has 0 radical (unpaired) electrons. The van der Waals surface area contributed by atoms with E-state index in [4.69, 9.17) is 25.8 Å². The maximum Gasteiger partial charge on any atom is 0.222 e. The van der Waals surface area contributed by atoms with Crippen LogP contribution in [0.4, 0.5) is 0 Å². The molecule has 2 heterocycles. The van der Waals surface area contributed by atoms with Gasteiger partial charge in [-0.15, -0.1) is 0 Å². The molecule has 0 aliphatic carbocycles. The van der Waals surface area contributed by atoms with Crippen LogP contribution in [-0.4, -0.2) is 72.9 Å². The summed E-state index contributed by atoms with van der Waals surface area (Å²) in [5, 5.41) is 11.8. The molecule has 8 heteroatoms. The number of aryl methyl sites for hydroxylation is 1. The van der Waals surface area contributed by atoms with Crippen LogP contribution in [0.2, 0.25) is 5.02 Å². The van der Waals surface area contributed by atoms with E-state index in [-0.39, 0.29) is 12.5 Å². The van der Waals surface area contributed by atoms with Crippen LogP contribution in [0, 0.1) is 6.92 Å². The zero-order chi connectivity index (χ0) is 27.0. The van der Waals surface area contributed by atoms with Gasteiger partial charge in [-0.2, -0.15) is 0 Å². The molecule has 2 saturated heterocycles. The smallest absolute Gasteiger partial charge is 0.222 e. The van der Waals surface area contributed by atoms with Crippen molar-refractivity contribution in [2.24, 2.45) is 0 Å². The van der Waals surface area contributed by atoms with Gasteiger partial charge in [0.1, 0.15) is 18.0 Å². The standard InChI is InChI=1S/C30H41ClN2O5/c1-23-9-11-25(31)27(18-23)38-22-30(35)13-6-14-32(21-30)20-24-10-12-26(36-2)28(19-24)37-17-7-16-33-15-5-3-4-8-29(33)34/h9-12,18-19,35H,3-8,13-17,20-22H2,1-2H3. The zero-order valence-electron chi connectivity index (χ0n) is 22.7. The third-order valence-electron chi connectivity index (χ3n) is 7.35. The third-order valence-corrected chi connectivity index (χ3v) is 7.67. The Labute approximate surface area is 231 Å². The molecule has 7 nitrogen and oxygen atoms in total. The Kier molecular flexibility index (Phi) is 10.2. The van der Waals surface area contributed by atoms with Crippen LogP contribution in [0.1, 0.15) is 56.1 Å². The average Bonchev–Trinajstić information content (AvgIpc) is 3.11. The number of ether oxygens (including phenoxy) is 3. The minimum atomic E-state index is -0.943. The molecular weight excluding hydrogens is 504 g/mol. The highest BCUT2D eigenvalue weighted by Crippen LogP contribution is 2.31. The number of piperidine rings is 1. The summed E-state index contributed by atoms with van der Waals surface area (Å²) in [5.41, 5.74) is 1.21. The fourth-order valence-electron chi connectivity index (χ4n) is 5.30. The normalized spacial score (nSPS) is 20.7. The van der Waals surface area contributed by atoms with Crippen molar-refractivity contribution >= 4 is 17.5 Å². The van der Waals surface area contributed by atoms with E-state index >= 15 is 0 Å². The van der Waals surface area contributed by atoms with Gasteiger partial charge in [0.2, 0.25) is 5.91 Å². The molecule has 38 heavy (non-hydrogen) atoms. The van der Waals surface area contributed by atoms with Gasteiger partial charge in [-0.3, -0.25) is 9.69 Å². The number of benzene rings is 2. The largest absolute Gasteiger partial charge is 0.493 e. The lowest BCUT2D eigenvalue weighted by Crippen LogP contribution is -2.51. The summed E-state index contributed by atoms with van der Waals surface area (Å²) in [7, 11) is 1.64. The van der Waals surface area contributed by atoms with E-state index in [1.807, 2.05) is 48.2 Å². The molecular formula is C30H41ClN2O5. The highest BCUT2D eigenvalue weighted by Gasteiger charge is 2.34. The van der Waals surface area contributed by atoms with Crippen molar-refractivity contribution in [2.75, 3.05) is 46.5 Å².